The summed E-state index contributed by atoms with van der Waals surface area (Å²) in [6.07, 6.45) is 0. The fraction of sp³-hybridized carbons (Fsp3) is 0.200. The number of hydrogen-bond donors (Lipinski definition) is 2. The van der Waals surface area contributed by atoms with Gasteiger partial charge in [0, 0.05) is 5.69 Å². The zero-order chi connectivity index (χ0) is 15.4. The zero-order valence-electron chi connectivity index (χ0n) is 11.7. The van der Waals surface area contributed by atoms with E-state index < -0.39 is 5.91 Å². The van der Waals surface area contributed by atoms with Gasteiger partial charge in [0.1, 0.15) is 0 Å². The van der Waals surface area contributed by atoms with Gasteiger partial charge in [0.15, 0.2) is 10.4 Å². The van der Waals surface area contributed by atoms with Gasteiger partial charge in [-0.1, -0.05) is 6.07 Å². The first-order valence-electron chi connectivity index (χ1n) is 6.36. The van der Waals surface area contributed by atoms with Gasteiger partial charge in [-0.2, -0.15) is 0 Å². The number of rotatable bonds is 4. The highest BCUT2D eigenvalue weighted by molar-refractivity contribution is 9.10. The summed E-state index contributed by atoms with van der Waals surface area (Å²) >= 11 is 3.11. The quantitative estimate of drug-likeness (QED) is 0.890. The number of benzene rings is 1. The van der Waals surface area contributed by atoms with E-state index in [1.807, 2.05) is 32.0 Å². The average molecular weight is 351 g/mol. The van der Waals surface area contributed by atoms with Crippen LogP contribution in [-0.2, 0) is 4.79 Å². The molecule has 21 heavy (non-hydrogen) atoms. The van der Waals surface area contributed by atoms with Crippen molar-refractivity contribution in [3.8, 4) is 0 Å². The van der Waals surface area contributed by atoms with Crippen LogP contribution in [0.15, 0.2) is 39.4 Å². The number of furan rings is 1. The third-order valence-electron chi connectivity index (χ3n) is 3.00. The molecule has 2 amide bonds. The maximum absolute atomic E-state index is 11.8. The lowest BCUT2D eigenvalue weighted by molar-refractivity contribution is -0.115. The number of halogens is 1. The molecule has 0 radical (unpaired) electrons. The molecule has 2 rings (SSSR count). The predicted molar refractivity (Wildman–Crippen MR) is 83.3 cm³/mol. The van der Waals surface area contributed by atoms with Crippen LogP contribution in [0.3, 0.4) is 0 Å². The highest BCUT2D eigenvalue weighted by Crippen LogP contribution is 2.14. The molecule has 110 valence electrons. The van der Waals surface area contributed by atoms with Gasteiger partial charge in [-0.15, -0.1) is 0 Å². The fourth-order valence-electron chi connectivity index (χ4n) is 1.71. The molecule has 0 fully saturated rings. The van der Waals surface area contributed by atoms with Crippen molar-refractivity contribution in [3.05, 3.63) is 51.9 Å². The van der Waals surface area contributed by atoms with Gasteiger partial charge in [0.05, 0.1) is 6.54 Å². The maximum atomic E-state index is 11.8. The van der Waals surface area contributed by atoms with Gasteiger partial charge in [-0.05, 0) is 65.2 Å². The third kappa shape index (κ3) is 4.19. The first-order chi connectivity index (χ1) is 9.95. The summed E-state index contributed by atoms with van der Waals surface area (Å²) in [5.41, 5.74) is 2.96. The standard InChI is InChI=1S/C15H15BrN2O3/c1-9-3-4-11(7-10(9)2)18-14(19)8-17-15(20)12-5-6-13(16)21-12/h3-7H,8H2,1-2H3,(H,17,20)(H,18,19). The van der Waals surface area contributed by atoms with E-state index in [4.69, 9.17) is 4.42 Å². The number of hydrogen-bond acceptors (Lipinski definition) is 3. The third-order valence-corrected chi connectivity index (χ3v) is 3.42. The Morgan fingerprint density at radius 2 is 1.90 bits per heavy atom. The lowest BCUT2D eigenvalue weighted by Crippen LogP contribution is -2.32. The molecule has 1 heterocycles. The zero-order valence-corrected chi connectivity index (χ0v) is 13.3. The van der Waals surface area contributed by atoms with Crippen LogP contribution < -0.4 is 10.6 Å². The van der Waals surface area contributed by atoms with Crippen LogP contribution in [0, 0.1) is 13.8 Å². The SMILES string of the molecule is Cc1ccc(NC(=O)CNC(=O)c2ccc(Br)o2)cc1C. The summed E-state index contributed by atoms with van der Waals surface area (Å²) in [5, 5.41) is 5.22. The van der Waals surface area contributed by atoms with Crippen molar-refractivity contribution >= 4 is 33.4 Å². The van der Waals surface area contributed by atoms with E-state index in [0.717, 1.165) is 11.1 Å². The van der Waals surface area contributed by atoms with Crippen LogP contribution in [0.25, 0.3) is 0 Å². The molecular formula is C15H15BrN2O3. The summed E-state index contributed by atoms with van der Waals surface area (Å²) < 4.78 is 5.56. The molecule has 0 bridgehead atoms. The Balaban J connectivity index is 1.87. The Morgan fingerprint density at radius 1 is 1.14 bits per heavy atom. The summed E-state index contributed by atoms with van der Waals surface area (Å²) in [6, 6.07) is 8.79. The number of amides is 2. The van der Waals surface area contributed by atoms with Gasteiger partial charge < -0.3 is 15.1 Å². The Hall–Kier alpha value is -2.08. The molecule has 1 aromatic heterocycles. The van der Waals surface area contributed by atoms with Crippen LogP contribution in [0.2, 0.25) is 0 Å². The number of carbonyl (C=O) groups is 2. The minimum absolute atomic E-state index is 0.121. The molecule has 6 heteroatoms. The van der Waals surface area contributed by atoms with Crippen molar-refractivity contribution in [2.45, 2.75) is 13.8 Å². The maximum Gasteiger partial charge on any atom is 0.287 e. The van der Waals surface area contributed by atoms with E-state index in [0.29, 0.717) is 10.4 Å². The second-order valence-electron chi connectivity index (χ2n) is 4.63. The van der Waals surface area contributed by atoms with Crippen LogP contribution in [0.1, 0.15) is 21.7 Å². The van der Waals surface area contributed by atoms with E-state index in [1.54, 1.807) is 6.07 Å². The second-order valence-corrected chi connectivity index (χ2v) is 5.42. The fourth-order valence-corrected chi connectivity index (χ4v) is 2.01. The highest BCUT2D eigenvalue weighted by atomic mass is 79.9. The van der Waals surface area contributed by atoms with Crippen LogP contribution in [-0.4, -0.2) is 18.4 Å². The number of aryl methyl sites for hydroxylation is 2. The Bertz CT molecular complexity index is 679. The summed E-state index contributed by atoms with van der Waals surface area (Å²) in [7, 11) is 0. The summed E-state index contributed by atoms with van der Waals surface area (Å²) in [4.78, 5) is 23.5. The minimum atomic E-state index is -0.434. The van der Waals surface area contributed by atoms with Crippen molar-refractivity contribution in [2.75, 3.05) is 11.9 Å². The largest absolute Gasteiger partial charge is 0.444 e. The van der Waals surface area contributed by atoms with Gasteiger partial charge in [0.25, 0.3) is 5.91 Å². The first kappa shape index (κ1) is 15.3. The van der Waals surface area contributed by atoms with Crippen molar-refractivity contribution in [1.82, 2.24) is 5.32 Å². The smallest absolute Gasteiger partial charge is 0.287 e. The normalized spacial score (nSPS) is 10.2. The lowest BCUT2D eigenvalue weighted by Gasteiger charge is -2.08. The number of anilines is 1. The molecule has 1 aromatic carbocycles. The van der Waals surface area contributed by atoms with E-state index >= 15 is 0 Å². The number of nitrogens with one attached hydrogen (secondary N) is 2. The Morgan fingerprint density at radius 3 is 2.52 bits per heavy atom. The topological polar surface area (TPSA) is 71.3 Å². The van der Waals surface area contributed by atoms with E-state index in [2.05, 4.69) is 26.6 Å². The molecule has 0 aliphatic rings. The van der Waals surface area contributed by atoms with Crippen LogP contribution in [0.4, 0.5) is 5.69 Å². The van der Waals surface area contributed by atoms with Gasteiger partial charge >= 0.3 is 0 Å². The van der Waals surface area contributed by atoms with Gasteiger partial charge in [-0.3, -0.25) is 9.59 Å². The predicted octanol–water partition coefficient (Wildman–Crippen LogP) is 3.03. The van der Waals surface area contributed by atoms with E-state index in [9.17, 15) is 9.59 Å². The molecular weight excluding hydrogens is 336 g/mol. The molecule has 0 aliphatic carbocycles. The molecule has 0 atom stereocenters. The molecule has 2 N–H and O–H groups in total. The van der Waals surface area contributed by atoms with Crippen molar-refractivity contribution < 1.29 is 14.0 Å². The minimum Gasteiger partial charge on any atom is -0.444 e. The molecule has 5 nitrogen and oxygen atoms in total. The van der Waals surface area contributed by atoms with Crippen molar-refractivity contribution in [1.29, 1.82) is 0 Å². The molecule has 0 saturated carbocycles. The Kier molecular flexibility index (Phi) is 4.80. The van der Waals surface area contributed by atoms with E-state index in [-0.39, 0.29) is 18.2 Å². The van der Waals surface area contributed by atoms with Crippen LogP contribution in [0.5, 0.6) is 0 Å². The monoisotopic (exact) mass is 350 g/mol. The van der Waals surface area contributed by atoms with Crippen molar-refractivity contribution in [3.63, 3.8) is 0 Å². The summed E-state index contributed by atoms with van der Waals surface area (Å²) in [5.74, 6) is -0.575. The molecule has 0 spiro atoms. The Labute approximate surface area is 130 Å². The average Bonchev–Trinajstić information content (AvgIpc) is 2.87. The highest BCUT2D eigenvalue weighted by Gasteiger charge is 2.12. The molecule has 0 unspecified atom stereocenters. The lowest BCUT2D eigenvalue weighted by atomic mass is 10.1. The molecule has 0 saturated heterocycles. The van der Waals surface area contributed by atoms with Gasteiger partial charge in [-0.25, -0.2) is 0 Å². The first-order valence-corrected chi connectivity index (χ1v) is 7.15. The number of carbonyl (C=O) groups excluding carboxylic acids is 2. The second kappa shape index (κ2) is 6.58. The van der Waals surface area contributed by atoms with Crippen molar-refractivity contribution in [2.24, 2.45) is 0 Å². The van der Waals surface area contributed by atoms with Gasteiger partial charge in [0.2, 0.25) is 5.91 Å². The van der Waals surface area contributed by atoms with Crippen LogP contribution >= 0.6 is 15.9 Å². The summed E-state index contributed by atoms with van der Waals surface area (Å²) in [6.45, 7) is 3.86. The van der Waals surface area contributed by atoms with E-state index in [1.165, 1.54) is 6.07 Å². The molecule has 0 aliphatic heterocycles. The molecule has 2 aromatic rings.